The van der Waals surface area contributed by atoms with Crippen LogP contribution >= 0.6 is 11.3 Å². The molecule has 2 aromatic heterocycles. The van der Waals surface area contributed by atoms with Crippen molar-refractivity contribution in [3.05, 3.63) is 34.2 Å². The number of aryl methyl sites for hydroxylation is 1. The van der Waals surface area contributed by atoms with Crippen molar-refractivity contribution in [3.63, 3.8) is 0 Å². The first kappa shape index (κ1) is 14.8. The van der Waals surface area contributed by atoms with Crippen LogP contribution in [0.25, 0.3) is 0 Å². The van der Waals surface area contributed by atoms with Gasteiger partial charge in [0.1, 0.15) is 5.84 Å². The van der Waals surface area contributed by atoms with Gasteiger partial charge in [0.05, 0.1) is 19.2 Å². The van der Waals surface area contributed by atoms with Gasteiger partial charge in [0.15, 0.2) is 19.1 Å². The van der Waals surface area contributed by atoms with Crippen LogP contribution in [0.1, 0.15) is 29.7 Å². The van der Waals surface area contributed by atoms with E-state index in [1.54, 1.807) is 11.3 Å². The zero-order valence-electron chi connectivity index (χ0n) is 13.7. The average molecular weight is 330 g/mol. The Bertz CT molecular complexity index is 710. The van der Waals surface area contributed by atoms with Crippen LogP contribution < -0.4 is 9.58 Å². The summed E-state index contributed by atoms with van der Waals surface area (Å²) < 4.78 is 4.46. The van der Waals surface area contributed by atoms with E-state index >= 15 is 0 Å². The second-order valence-corrected chi connectivity index (χ2v) is 7.49. The van der Waals surface area contributed by atoms with Crippen LogP contribution in [0.5, 0.6) is 0 Å². The van der Waals surface area contributed by atoms with E-state index < -0.39 is 0 Å². The van der Waals surface area contributed by atoms with Crippen molar-refractivity contribution in [3.8, 4) is 0 Å². The molecule has 5 nitrogen and oxygen atoms in total. The molecular weight excluding hydrogens is 306 g/mol. The second kappa shape index (κ2) is 6.00. The highest BCUT2D eigenvalue weighted by Gasteiger charge is 2.25. The maximum atomic E-state index is 8.45. The fourth-order valence-corrected chi connectivity index (χ4v) is 4.49. The summed E-state index contributed by atoms with van der Waals surface area (Å²) in [6.45, 7) is 5.16. The van der Waals surface area contributed by atoms with Crippen molar-refractivity contribution in [1.82, 2.24) is 9.58 Å². The van der Waals surface area contributed by atoms with E-state index in [0.29, 0.717) is 5.84 Å². The third-order valence-electron chi connectivity index (χ3n) is 4.94. The molecule has 4 heterocycles. The Morgan fingerprint density at radius 2 is 2.04 bits per heavy atom. The number of anilines is 1. The van der Waals surface area contributed by atoms with Gasteiger partial charge in [-0.25, -0.2) is 0 Å². The Hall–Kier alpha value is -1.82. The highest BCUT2D eigenvalue weighted by Crippen LogP contribution is 2.25. The van der Waals surface area contributed by atoms with E-state index in [2.05, 4.69) is 49.9 Å². The smallest absolute Gasteiger partial charge is 0.197 e. The van der Waals surface area contributed by atoms with Crippen LogP contribution in [0.15, 0.2) is 23.7 Å². The minimum atomic E-state index is 0.711. The molecule has 0 bridgehead atoms. The first-order valence-corrected chi connectivity index (χ1v) is 9.32. The van der Waals surface area contributed by atoms with Crippen LogP contribution in [-0.2, 0) is 20.1 Å². The second-order valence-electron chi connectivity index (χ2n) is 6.49. The fourth-order valence-electron chi connectivity index (χ4n) is 3.61. The van der Waals surface area contributed by atoms with E-state index in [-0.39, 0.29) is 0 Å². The lowest BCUT2D eigenvalue weighted by Crippen LogP contribution is -2.37. The first-order valence-electron chi connectivity index (χ1n) is 8.44. The number of nitrogens with one attached hydrogen (secondary N) is 1. The Kier molecular flexibility index (Phi) is 3.85. The monoisotopic (exact) mass is 330 g/mol. The maximum absolute atomic E-state index is 8.45. The summed E-state index contributed by atoms with van der Waals surface area (Å²) in [7, 11) is 2.09. The third kappa shape index (κ3) is 2.76. The Labute approximate surface area is 141 Å². The molecule has 2 aliphatic rings. The molecule has 0 amide bonds. The largest absolute Gasteiger partial charge is 0.357 e. The summed E-state index contributed by atoms with van der Waals surface area (Å²) in [6.07, 6.45) is 5.88. The Morgan fingerprint density at radius 1 is 1.22 bits per heavy atom. The number of nitrogens with zero attached hydrogens (tertiary/aromatic N) is 4. The van der Waals surface area contributed by atoms with Crippen molar-refractivity contribution in [1.29, 1.82) is 5.41 Å². The fraction of sp³-hybridized carbons (Fsp3) is 0.529. The SMILES string of the molecule is C[n+]1ccc2n1CCN2Cc1cc(C(=N)N2CCCCC2)cs1. The molecule has 1 N–H and O–H groups in total. The number of thiophene rings is 1. The number of fused-ring (bicyclic) bond motifs is 1. The molecule has 0 aromatic carbocycles. The van der Waals surface area contributed by atoms with Gasteiger partial charge in [-0.05, 0) is 25.3 Å². The highest BCUT2D eigenvalue weighted by molar-refractivity contribution is 7.10. The summed E-state index contributed by atoms with van der Waals surface area (Å²) in [6, 6.07) is 4.41. The van der Waals surface area contributed by atoms with E-state index in [1.165, 1.54) is 30.0 Å². The van der Waals surface area contributed by atoms with Gasteiger partial charge in [-0.1, -0.05) is 0 Å². The van der Waals surface area contributed by atoms with Gasteiger partial charge < -0.3 is 9.80 Å². The molecule has 0 atom stereocenters. The molecule has 23 heavy (non-hydrogen) atoms. The molecule has 0 saturated carbocycles. The van der Waals surface area contributed by atoms with Gasteiger partial charge in [-0.2, -0.15) is 0 Å². The lowest BCUT2D eigenvalue weighted by Gasteiger charge is -2.28. The summed E-state index contributed by atoms with van der Waals surface area (Å²) in [5, 5.41) is 10.6. The lowest BCUT2D eigenvalue weighted by atomic mass is 10.1. The summed E-state index contributed by atoms with van der Waals surface area (Å²) >= 11 is 1.78. The number of rotatable bonds is 3. The minimum Gasteiger partial charge on any atom is -0.357 e. The zero-order valence-corrected chi connectivity index (χ0v) is 14.5. The number of hydrogen-bond donors (Lipinski definition) is 1. The molecule has 2 aliphatic heterocycles. The molecule has 6 heteroatoms. The predicted octanol–water partition coefficient (Wildman–Crippen LogP) is 2.21. The molecule has 0 spiro atoms. The molecule has 0 unspecified atom stereocenters. The third-order valence-corrected chi connectivity index (χ3v) is 5.86. The molecule has 2 aromatic rings. The minimum absolute atomic E-state index is 0.711. The van der Waals surface area contributed by atoms with E-state index in [0.717, 1.165) is 38.3 Å². The summed E-state index contributed by atoms with van der Waals surface area (Å²) in [4.78, 5) is 6.01. The van der Waals surface area contributed by atoms with Crippen LogP contribution in [0.2, 0.25) is 0 Å². The van der Waals surface area contributed by atoms with Crippen molar-refractivity contribution in [2.45, 2.75) is 32.4 Å². The quantitative estimate of drug-likeness (QED) is 0.532. The van der Waals surface area contributed by atoms with Crippen molar-refractivity contribution in [2.24, 2.45) is 7.05 Å². The molecule has 0 aliphatic carbocycles. The van der Waals surface area contributed by atoms with Gasteiger partial charge in [0.2, 0.25) is 0 Å². The molecular formula is C17H24N5S+. The van der Waals surface area contributed by atoms with Gasteiger partial charge in [0, 0.05) is 35.5 Å². The molecule has 1 saturated heterocycles. The van der Waals surface area contributed by atoms with Gasteiger partial charge in [-0.3, -0.25) is 5.41 Å². The maximum Gasteiger partial charge on any atom is 0.197 e. The number of amidine groups is 1. The predicted molar refractivity (Wildman–Crippen MR) is 93.2 cm³/mol. The molecule has 4 rings (SSSR count). The van der Waals surface area contributed by atoms with Crippen molar-refractivity contribution >= 4 is 23.0 Å². The Balaban J connectivity index is 1.45. The summed E-state index contributed by atoms with van der Waals surface area (Å²) in [5.74, 6) is 2.01. The first-order chi connectivity index (χ1) is 11.2. The normalized spacial score (nSPS) is 17.6. The number of likely N-dealkylation sites (tertiary alicyclic amines) is 1. The van der Waals surface area contributed by atoms with Gasteiger partial charge in [-0.15, -0.1) is 20.7 Å². The molecule has 0 radical (unpaired) electrons. The van der Waals surface area contributed by atoms with E-state index in [1.807, 2.05) is 0 Å². The van der Waals surface area contributed by atoms with Gasteiger partial charge >= 0.3 is 0 Å². The number of piperidine rings is 1. The van der Waals surface area contributed by atoms with Crippen molar-refractivity contribution < 1.29 is 4.68 Å². The molecule has 122 valence electrons. The number of aromatic nitrogens is 2. The van der Waals surface area contributed by atoms with E-state index in [4.69, 9.17) is 5.41 Å². The molecule has 1 fully saturated rings. The average Bonchev–Trinajstić information content (AvgIpc) is 3.28. The topological polar surface area (TPSA) is 39.1 Å². The highest BCUT2D eigenvalue weighted by atomic mass is 32.1. The van der Waals surface area contributed by atoms with Gasteiger partial charge in [0.25, 0.3) is 0 Å². The van der Waals surface area contributed by atoms with E-state index in [9.17, 15) is 0 Å². The lowest BCUT2D eigenvalue weighted by molar-refractivity contribution is -0.751. The van der Waals surface area contributed by atoms with Crippen LogP contribution in [0.4, 0.5) is 5.82 Å². The summed E-state index contributed by atoms with van der Waals surface area (Å²) in [5.41, 5.74) is 1.09. The van der Waals surface area contributed by atoms with Crippen LogP contribution in [-0.4, -0.2) is 35.1 Å². The van der Waals surface area contributed by atoms with Crippen molar-refractivity contribution in [2.75, 3.05) is 24.5 Å². The van der Waals surface area contributed by atoms with Crippen LogP contribution in [0, 0.1) is 5.41 Å². The standard InChI is InChI=1S/C17H24N5S/c1-19-8-5-16-21(9-10-22(16)19)12-15-11-14(13-23-15)17(18)20-6-3-2-4-7-20/h5,8,11,13,18H,2-4,6-7,9-10,12H2,1H3/q+1. The number of hydrogen-bond acceptors (Lipinski definition) is 3. The Morgan fingerprint density at radius 3 is 2.87 bits per heavy atom. The van der Waals surface area contributed by atoms with Crippen LogP contribution in [0.3, 0.4) is 0 Å². The zero-order chi connectivity index (χ0) is 15.8.